The molecule has 0 saturated heterocycles. The van der Waals surface area contributed by atoms with E-state index in [1.807, 2.05) is 53.2 Å². The zero-order valence-corrected chi connectivity index (χ0v) is 12.9. The van der Waals surface area contributed by atoms with E-state index in [-0.39, 0.29) is 0 Å². The Bertz CT molecular complexity index is 794. The minimum absolute atomic E-state index is 0.639. The maximum Gasteiger partial charge on any atom is 0.152 e. The number of carbonyl (C=O) groups excluding carboxylic acids is 1. The summed E-state index contributed by atoms with van der Waals surface area (Å²) in [5.41, 5.74) is 2.66. The number of fused-ring (bicyclic) bond motifs is 1. The van der Waals surface area contributed by atoms with Crippen LogP contribution in [0.2, 0.25) is 5.02 Å². The van der Waals surface area contributed by atoms with Crippen LogP contribution in [0.25, 0.3) is 10.9 Å². The van der Waals surface area contributed by atoms with Crippen molar-refractivity contribution in [1.29, 1.82) is 0 Å². The molecule has 0 aliphatic rings. The monoisotopic (exact) mass is 347 g/mol. The van der Waals surface area contributed by atoms with Crippen molar-refractivity contribution in [2.75, 3.05) is 0 Å². The minimum atomic E-state index is 0.639. The normalized spacial score (nSPS) is 10.9. The molecule has 0 N–H and O–H groups in total. The van der Waals surface area contributed by atoms with Gasteiger partial charge in [0.1, 0.15) is 0 Å². The number of carbonyl (C=O) groups is 1. The largest absolute Gasteiger partial charge is 0.342 e. The van der Waals surface area contributed by atoms with E-state index in [1.54, 1.807) is 0 Å². The van der Waals surface area contributed by atoms with E-state index in [4.69, 9.17) is 11.6 Å². The van der Waals surface area contributed by atoms with Crippen LogP contribution in [0.15, 0.2) is 53.1 Å². The summed E-state index contributed by atoms with van der Waals surface area (Å²) in [4.78, 5) is 11.2. The average Bonchev–Trinajstić information content (AvgIpc) is 2.85. The number of nitrogens with zero attached hydrogens (tertiary/aromatic N) is 1. The van der Waals surface area contributed by atoms with Crippen LogP contribution in [-0.4, -0.2) is 10.9 Å². The molecule has 0 amide bonds. The van der Waals surface area contributed by atoms with Crippen molar-refractivity contribution < 1.29 is 4.79 Å². The van der Waals surface area contributed by atoms with E-state index in [2.05, 4.69) is 15.9 Å². The lowest BCUT2D eigenvalue weighted by Crippen LogP contribution is -2.00. The molecule has 0 saturated carbocycles. The molecular formula is C16H11BrClNO. The zero-order chi connectivity index (χ0) is 14.1. The first-order valence-electron chi connectivity index (χ1n) is 6.16. The van der Waals surface area contributed by atoms with Gasteiger partial charge in [0.2, 0.25) is 0 Å². The van der Waals surface area contributed by atoms with E-state index in [1.165, 1.54) is 0 Å². The molecule has 0 aliphatic heterocycles. The number of aldehydes is 1. The Balaban J connectivity index is 2.09. The maximum absolute atomic E-state index is 11.2. The zero-order valence-electron chi connectivity index (χ0n) is 10.5. The Kier molecular flexibility index (Phi) is 3.64. The van der Waals surface area contributed by atoms with Crippen molar-refractivity contribution in [3.05, 3.63) is 69.3 Å². The van der Waals surface area contributed by atoms with Crippen LogP contribution in [0.4, 0.5) is 0 Å². The highest BCUT2D eigenvalue weighted by molar-refractivity contribution is 9.10. The SMILES string of the molecule is O=Cc1cccc2ccn(Cc3ccc(Br)cc3Cl)c12. The highest BCUT2D eigenvalue weighted by Gasteiger charge is 2.08. The predicted octanol–water partition coefficient (Wildman–Crippen LogP) is 4.92. The topological polar surface area (TPSA) is 22.0 Å². The van der Waals surface area contributed by atoms with Gasteiger partial charge in [-0.1, -0.05) is 45.7 Å². The highest BCUT2D eigenvalue weighted by Crippen LogP contribution is 2.25. The van der Waals surface area contributed by atoms with E-state index in [0.717, 1.165) is 27.2 Å². The third-order valence-corrected chi connectivity index (χ3v) is 4.15. The molecule has 3 aromatic rings. The number of para-hydroxylation sites is 1. The third-order valence-electron chi connectivity index (χ3n) is 3.30. The molecule has 0 radical (unpaired) electrons. The van der Waals surface area contributed by atoms with Gasteiger partial charge in [0.25, 0.3) is 0 Å². The minimum Gasteiger partial charge on any atom is -0.342 e. The van der Waals surface area contributed by atoms with Gasteiger partial charge >= 0.3 is 0 Å². The van der Waals surface area contributed by atoms with E-state index < -0.39 is 0 Å². The summed E-state index contributed by atoms with van der Waals surface area (Å²) in [6.45, 7) is 0.639. The first-order valence-corrected chi connectivity index (χ1v) is 7.33. The van der Waals surface area contributed by atoms with Crippen molar-refractivity contribution >= 4 is 44.7 Å². The Labute approximate surface area is 130 Å². The Morgan fingerprint density at radius 3 is 2.80 bits per heavy atom. The fraction of sp³-hybridized carbons (Fsp3) is 0.0625. The van der Waals surface area contributed by atoms with Crippen LogP contribution in [0.1, 0.15) is 15.9 Å². The molecular weight excluding hydrogens is 338 g/mol. The van der Waals surface area contributed by atoms with Crippen molar-refractivity contribution in [2.45, 2.75) is 6.54 Å². The number of hydrogen-bond donors (Lipinski definition) is 0. The van der Waals surface area contributed by atoms with Crippen LogP contribution in [-0.2, 0) is 6.54 Å². The summed E-state index contributed by atoms with van der Waals surface area (Å²) in [6, 6.07) is 13.6. The lowest BCUT2D eigenvalue weighted by atomic mass is 10.1. The first kappa shape index (κ1) is 13.4. The number of rotatable bonds is 3. The molecule has 0 atom stereocenters. The number of halogens is 2. The summed E-state index contributed by atoms with van der Waals surface area (Å²) >= 11 is 9.66. The molecule has 0 bridgehead atoms. The fourth-order valence-electron chi connectivity index (χ4n) is 2.35. The van der Waals surface area contributed by atoms with E-state index in [0.29, 0.717) is 17.1 Å². The molecule has 4 heteroatoms. The standard InChI is InChI=1S/C16H11BrClNO/c17-14-5-4-12(15(18)8-14)9-19-7-6-11-2-1-3-13(10-20)16(11)19/h1-8,10H,9H2. The maximum atomic E-state index is 11.2. The van der Waals surface area contributed by atoms with Gasteiger partial charge in [-0.05, 0) is 29.8 Å². The predicted molar refractivity (Wildman–Crippen MR) is 85.6 cm³/mol. The summed E-state index contributed by atoms with van der Waals surface area (Å²) in [5, 5.41) is 1.77. The molecule has 2 aromatic carbocycles. The van der Waals surface area contributed by atoms with Crippen molar-refractivity contribution in [3.8, 4) is 0 Å². The average molecular weight is 349 g/mol. The summed E-state index contributed by atoms with van der Waals surface area (Å²) in [6.07, 6.45) is 2.87. The number of benzene rings is 2. The highest BCUT2D eigenvalue weighted by atomic mass is 79.9. The van der Waals surface area contributed by atoms with Gasteiger partial charge < -0.3 is 4.57 Å². The number of aromatic nitrogens is 1. The Hall–Kier alpha value is -1.58. The second kappa shape index (κ2) is 5.43. The van der Waals surface area contributed by atoms with Gasteiger partial charge in [-0.2, -0.15) is 0 Å². The molecule has 0 unspecified atom stereocenters. The molecule has 100 valence electrons. The Morgan fingerprint density at radius 2 is 2.05 bits per heavy atom. The van der Waals surface area contributed by atoms with E-state index >= 15 is 0 Å². The lowest BCUT2D eigenvalue weighted by Gasteiger charge is -2.09. The van der Waals surface area contributed by atoms with Crippen molar-refractivity contribution in [3.63, 3.8) is 0 Å². The second-order valence-electron chi connectivity index (χ2n) is 4.58. The second-order valence-corrected chi connectivity index (χ2v) is 5.91. The Morgan fingerprint density at radius 1 is 1.20 bits per heavy atom. The first-order chi connectivity index (χ1) is 9.69. The van der Waals surface area contributed by atoms with Crippen LogP contribution in [0.5, 0.6) is 0 Å². The van der Waals surface area contributed by atoms with Crippen molar-refractivity contribution in [1.82, 2.24) is 4.57 Å². The molecule has 2 nitrogen and oxygen atoms in total. The van der Waals surface area contributed by atoms with Crippen LogP contribution in [0.3, 0.4) is 0 Å². The molecule has 0 aliphatic carbocycles. The van der Waals surface area contributed by atoms with Crippen LogP contribution in [0, 0.1) is 0 Å². The van der Waals surface area contributed by atoms with Crippen molar-refractivity contribution in [2.24, 2.45) is 0 Å². The number of hydrogen-bond acceptors (Lipinski definition) is 1. The van der Waals surface area contributed by atoms with Gasteiger partial charge in [0.05, 0.1) is 5.52 Å². The van der Waals surface area contributed by atoms with Crippen LogP contribution < -0.4 is 0 Å². The third kappa shape index (κ3) is 2.39. The van der Waals surface area contributed by atoms with Gasteiger partial charge in [-0.15, -0.1) is 0 Å². The molecule has 20 heavy (non-hydrogen) atoms. The molecule has 3 rings (SSSR count). The fourth-order valence-corrected chi connectivity index (χ4v) is 3.08. The summed E-state index contributed by atoms with van der Waals surface area (Å²) in [5.74, 6) is 0. The quantitative estimate of drug-likeness (QED) is 0.616. The van der Waals surface area contributed by atoms with Gasteiger partial charge in [0.15, 0.2) is 6.29 Å². The summed E-state index contributed by atoms with van der Waals surface area (Å²) < 4.78 is 3.01. The lowest BCUT2D eigenvalue weighted by molar-refractivity contribution is 0.112. The molecule has 1 heterocycles. The molecule has 1 aromatic heterocycles. The summed E-state index contributed by atoms with van der Waals surface area (Å²) in [7, 11) is 0. The van der Waals surface area contributed by atoms with Crippen LogP contribution >= 0.6 is 27.5 Å². The molecule has 0 spiro atoms. The van der Waals surface area contributed by atoms with Gasteiger partial charge in [-0.3, -0.25) is 4.79 Å². The van der Waals surface area contributed by atoms with Gasteiger partial charge in [-0.25, -0.2) is 0 Å². The van der Waals surface area contributed by atoms with E-state index in [9.17, 15) is 4.79 Å². The molecule has 0 fully saturated rings. The van der Waals surface area contributed by atoms with Gasteiger partial charge in [0, 0.05) is 33.2 Å². The smallest absolute Gasteiger partial charge is 0.152 e.